The first-order valence-corrected chi connectivity index (χ1v) is 4.23. The van der Waals surface area contributed by atoms with Gasteiger partial charge in [0.25, 0.3) is 0 Å². The highest BCUT2D eigenvalue weighted by Gasteiger charge is 2.22. The fourth-order valence-corrected chi connectivity index (χ4v) is 1.68. The number of hydrogen-bond donors (Lipinski definition) is 0. The highest BCUT2D eigenvalue weighted by molar-refractivity contribution is 4.80. The van der Waals surface area contributed by atoms with Crippen molar-refractivity contribution in [2.45, 2.75) is 37.8 Å². The maximum Gasteiger partial charge on any atom is 0.0921 e. The maximum atomic E-state index is 10.2. The Morgan fingerprint density at radius 3 is 2.09 bits per heavy atom. The smallest absolute Gasteiger partial charge is 0.0921 e. The summed E-state index contributed by atoms with van der Waals surface area (Å²) in [6.07, 6.45) is 4.21. The van der Waals surface area contributed by atoms with Crippen molar-refractivity contribution >= 4 is 0 Å². The molecule has 0 amide bonds. The molecule has 3 heteroatoms. The van der Waals surface area contributed by atoms with Crippen LogP contribution in [0.25, 0.3) is 0 Å². The largest absolute Gasteiger partial charge is 0.306 e. The minimum atomic E-state index is 0.103. The molecule has 0 radical (unpaired) electrons. The molecule has 11 heavy (non-hydrogen) atoms. The van der Waals surface area contributed by atoms with E-state index in [4.69, 9.17) is 0 Å². The van der Waals surface area contributed by atoms with Crippen LogP contribution >= 0.6 is 0 Å². The molecule has 0 aromatic rings. The highest BCUT2D eigenvalue weighted by Crippen LogP contribution is 2.23. The van der Waals surface area contributed by atoms with Gasteiger partial charge < -0.3 is 4.90 Å². The van der Waals surface area contributed by atoms with E-state index < -0.39 is 0 Å². The van der Waals surface area contributed by atoms with Gasteiger partial charge in [-0.15, -0.1) is 0 Å². The molecule has 3 nitrogen and oxygen atoms in total. The summed E-state index contributed by atoms with van der Waals surface area (Å²) < 4.78 is 0. The van der Waals surface area contributed by atoms with Gasteiger partial charge in [-0.05, 0) is 39.8 Å². The first-order valence-electron chi connectivity index (χ1n) is 4.23. The second-order valence-electron chi connectivity index (χ2n) is 3.53. The lowest BCUT2D eigenvalue weighted by Crippen LogP contribution is -2.32. The number of nitrogens with zero attached hydrogens (tertiary/aromatic N) is 2. The van der Waals surface area contributed by atoms with E-state index in [-0.39, 0.29) is 6.04 Å². The van der Waals surface area contributed by atoms with Crippen LogP contribution in [0.2, 0.25) is 0 Å². The quantitative estimate of drug-likeness (QED) is 0.569. The topological polar surface area (TPSA) is 32.7 Å². The maximum absolute atomic E-state index is 10.2. The lowest BCUT2D eigenvalue weighted by Gasteiger charge is -2.29. The molecule has 1 rings (SSSR count). The van der Waals surface area contributed by atoms with Gasteiger partial charge in [0.2, 0.25) is 0 Å². The predicted octanol–water partition coefficient (Wildman–Crippen LogP) is 1.63. The van der Waals surface area contributed by atoms with Gasteiger partial charge in [0, 0.05) is 6.04 Å². The zero-order chi connectivity index (χ0) is 8.27. The van der Waals surface area contributed by atoms with Crippen LogP contribution in [0.3, 0.4) is 0 Å². The summed E-state index contributed by atoms with van der Waals surface area (Å²) in [4.78, 5) is 12.4. The predicted molar refractivity (Wildman–Crippen MR) is 45.5 cm³/mol. The molecule has 0 bridgehead atoms. The third-order valence-corrected chi connectivity index (χ3v) is 2.55. The first-order chi connectivity index (χ1) is 5.24. The molecule has 1 aliphatic rings. The molecular weight excluding hydrogens is 140 g/mol. The monoisotopic (exact) mass is 156 g/mol. The zero-order valence-corrected chi connectivity index (χ0v) is 7.29. The van der Waals surface area contributed by atoms with Crippen molar-refractivity contribution in [2.75, 3.05) is 14.1 Å². The standard InChI is InChI=1S/C8H16N2O/c1-10(2)8-5-3-7(9-11)4-6-8/h7-8H,3-6H2,1-2H3. The van der Waals surface area contributed by atoms with Gasteiger partial charge in [-0.1, -0.05) is 5.18 Å². The Kier molecular flexibility index (Phi) is 3.00. The van der Waals surface area contributed by atoms with Crippen molar-refractivity contribution in [3.8, 4) is 0 Å². The van der Waals surface area contributed by atoms with Crippen LogP contribution in [0, 0.1) is 4.91 Å². The molecule has 1 aliphatic carbocycles. The molecule has 0 saturated heterocycles. The van der Waals surface area contributed by atoms with E-state index in [9.17, 15) is 4.91 Å². The van der Waals surface area contributed by atoms with Crippen LogP contribution in [0.1, 0.15) is 25.7 Å². The normalized spacial score (nSPS) is 32.3. The first kappa shape index (κ1) is 8.65. The molecule has 0 heterocycles. The van der Waals surface area contributed by atoms with Crippen LogP contribution in [0.15, 0.2) is 5.18 Å². The van der Waals surface area contributed by atoms with Crippen LogP contribution in [0.4, 0.5) is 0 Å². The fourth-order valence-electron chi connectivity index (χ4n) is 1.68. The molecule has 0 spiro atoms. The number of nitroso groups, excluding NO2 is 1. The van der Waals surface area contributed by atoms with E-state index in [1.807, 2.05) is 0 Å². The SMILES string of the molecule is CN(C)C1CCC(N=O)CC1. The number of hydrogen-bond acceptors (Lipinski definition) is 3. The Balaban J connectivity index is 2.29. The molecule has 0 atom stereocenters. The molecule has 0 N–H and O–H groups in total. The van der Waals surface area contributed by atoms with E-state index in [1.165, 1.54) is 0 Å². The molecular formula is C8H16N2O. The molecule has 0 aromatic heterocycles. The summed E-state index contributed by atoms with van der Waals surface area (Å²) in [6, 6.07) is 0.777. The molecule has 0 aromatic carbocycles. The van der Waals surface area contributed by atoms with Crippen LogP contribution in [-0.4, -0.2) is 31.1 Å². The minimum absolute atomic E-state index is 0.103. The summed E-state index contributed by atoms with van der Waals surface area (Å²) in [5.41, 5.74) is 0. The van der Waals surface area contributed by atoms with Crippen molar-refractivity contribution in [1.82, 2.24) is 4.90 Å². The van der Waals surface area contributed by atoms with Crippen LogP contribution < -0.4 is 0 Å². The van der Waals surface area contributed by atoms with E-state index in [0.29, 0.717) is 6.04 Å². The summed E-state index contributed by atoms with van der Waals surface area (Å²) in [7, 11) is 4.19. The second kappa shape index (κ2) is 3.81. The minimum Gasteiger partial charge on any atom is -0.306 e. The average Bonchev–Trinajstić information content (AvgIpc) is 2.05. The van der Waals surface area contributed by atoms with Crippen LogP contribution in [-0.2, 0) is 0 Å². The van der Waals surface area contributed by atoms with Crippen molar-refractivity contribution in [3.05, 3.63) is 4.91 Å². The van der Waals surface area contributed by atoms with Crippen molar-refractivity contribution in [3.63, 3.8) is 0 Å². The van der Waals surface area contributed by atoms with E-state index >= 15 is 0 Å². The average molecular weight is 156 g/mol. The molecule has 0 aliphatic heterocycles. The van der Waals surface area contributed by atoms with Gasteiger partial charge in [0.1, 0.15) is 0 Å². The Labute approximate surface area is 67.7 Å². The van der Waals surface area contributed by atoms with E-state index in [0.717, 1.165) is 25.7 Å². The summed E-state index contributed by atoms with van der Waals surface area (Å²) in [6.45, 7) is 0. The molecule has 1 saturated carbocycles. The van der Waals surface area contributed by atoms with Crippen molar-refractivity contribution < 1.29 is 0 Å². The Bertz CT molecular complexity index is 128. The van der Waals surface area contributed by atoms with Gasteiger partial charge in [0.05, 0.1) is 6.04 Å². The summed E-state index contributed by atoms with van der Waals surface area (Å²) in [5, 5.41) is 3.07. The molecule has 64 valence electrons. The Hall–Kier alpha value is -0.440. The molecule has 1 fully saturated rings. The fraction of sp³-hybridized carbons (Fsp3) is 1.00. The Morgan fingerprint density at radius 2 is 1.73 bits per heavy atom. The summed E-state index contributed by atoms with van der Waals surface area (Å²) >= 11 is 0. The van der Waals surface area contributed by atoms with Crippen LogP contribution in [0.5, 0.6) is 0 Å². The third kappa shape index (κ3) is 2.26. The lowest BCUT2D eigenvalue weighted by molar-refractivity contribution is 0.217. The van der Waals surface area contributed by atoms with Crippen molar-refractivity contribution in [2.24, 2.45) is 5.18 Å². The summed E-state index contributed by atoms with van der Waals surface area (Å²) in [5.74, 6) is 0. The van der Waals surface area contributed by atoms with Gasteiger partial charge in [-0.2, -0.15) is 4.91 Å². The van der Waals surface area contributed by atoms with Gasteiger partial charge in [-0.25, -0.2) is 0 Å². The zero-order valence-electron chi connectivity index (χ0n) is 7.29. The van der Waals surface area contributed by atoms with E-state index in [2.05, 4.69) is 24.2 Å². The lowest BCUT2D eigenvalue weighted by atomic mass is 9.91. The number of rotatable bonds is 2. The van der Waals surface area contributed by atoms with Gasteiger partial charge >= 0.3 is 0 Å². The van der Waals surface area contributed by atoms with Gasteiger partial charge in [0.15, 0.2) is 0 Å². The van der Waals surface area contributed by atoms with E-state index in [1.54, 1.807) is 0 Å². The second-order valence-corrected chi connectivity index (χ2v) is 3.53. The van der Waals surface area contributed by atoms with Crippen molar-refractivity contribution in [1.29, 1.82) is 0 Å². The molecule has 0 unspecified atom stereocenters. The third-order valence-electron chi connectivity index (χ3n) is 2.55. The van der Waals surface area contributed by atoms with Gasteiger partial charge in [-0.3, -0.25) is 0 Å². The Morgan fingerprint density at radius 1 is 1.18 bits per heavy atom. The highest BCUT2D eigenvalue weighted by atomic mass is 16.3.